The SMILES string of the molecule is O=C(NC1CCN(c2ccc(F)cc2)C1=O)c1ccc(Cl)cc1. The van der Waals surface area contributed by atoms with E-state index in [1.54, 1.807) is 41.3 Å². The van der Waals surface area contributed by atoms with E-state index in [2.05, 4.69) is 5.32 Å². The first-order valence-corrected chi connectivity index (χ1v) is 7.56. The topological polar surface area (TPSA) is 49.4 Å². The molecule has 0 bridgehead atoms. The van der Waals surface area contributed by atoms with Gasteiger partial charge in [0.15, 0.2) is 0 Å². The van der Waals surface area contributed by atoms with Crippen molar-refractivity contribution in [2.24, 2.45) is 0 Å². The van der Waals surface area contributed by atoms with Gasteiger partial charge in [0, 0.05) is 22.8 Å². The third kappa shape index (κ3) is 3.35. The van der Waals surface area contributed by atoms with Gasteiger partial charge in [0.2, 0.25) is 5.91 Å². The number of hydrogen-bond donors (Lipinski definition) is 1. The van der Waals surface area contributed by atoms with Crippen molar-refractivity contribution >= 4 is 29.1 Å². The molecule has 2 amide bonds. The highest BCUT2D eigenvalue weighted by molar-refractivity contribution is 6.30. The molecule has 0 aromatic heterocycles. The maximum absolute atomic E-state index is 13.0. The second-order valence-electron chi connectivity index (χ2n) is 5.29. The molecule has 1 unspecified atom stereocenters. The number of nitrogens with zero attached hydrogens (tertiary/aromatic N) is 1. The molecule has 3 rings (SSSR count). The number of halogens is 2. The summed E-state index contributed by atoms with van der Waals surface area (Å²) >= 11 is 5.79. The van der Waals surface area contributed by atoms with E-state index in [1.165, 1.54) is 12.1 Å². The Bertz CT molecular complexity index is 731. The summed E-state index contributed by atoms with van der Waals surface area (Å²) in [5.41, 5.74) is 1.07. The first-order chi connectivity index (χ1) is 11.0. The van der Waals surface area contributed by atoms with Crippen molar-refractivity contribution in [2.75, 3.05) is 11.4 Å². The molecule has 1 saturated heterocycles. The first-order valence-electron chi connectivity index (χ1n) is 7.18. The van der Waals surface area contributed by atoms with E-state index in [-0.39, 0.29) is 17.6 Å². The van der Waals surface area contributed by atoms with Gasteiger partial charge in [-0.3, -0.25) is 9.59 Å². The molecule has 1 heterocycles. The average molecular weight is 333 g/mol. The van der Waals surface area contributed by atoms with Crippen LogP contribution in [-0.2, 0) is 4.79 Å². The van der Waals surface area contributed by atoms with Gasteiger partial charge in [0.1, 0.15) is 11.9 Å². The minimum absolute atomic E-state index is 0.195. The van der Waals surface area contributed by atoms with E-state index in [0.717, 1.165) is 0 Å². The summed E-state index contributed by atoms with van der Waals surface area (Å²) < 4.78 is 13.0. The van der Waals surface area contributed by atoms with Gasteiger partial charge in [0.05, 0.1) is 0 Å². The van der Waals surface area contributed by atoms with Crippen LogP contribution < -0.4 is 10.2 Å². The van der Waals surface area contributed by atoms with E-state index < -0.39 is 6.04 Å². The highest BCUT2D eigenvalue weighted by atomic mass is 35.5. The molecule has 23 heavy (non-hydrogen) atoms. The van der Waals surface area contributed by atoms with E-state index >= 15 is 0 Å². The van der Waals surface area contributed by atoms with E-state index in [9.17, 15) is 14.0 Å². The van der Waals surface area contributed by atoms with Crippen molar-refractivity contribution in [3.8, 4) is 0 Å². The van der Waals surface area contributed by atoms with Crippen molar-refractivity contribution in [3.05, 3.63) is 64.9 Å². The molecule has 0 spiro atoms. The summed E-state index contributed by atoms with van der Waals surface area (Å²) in [7, 11) is 0. The summed E-state index contributed by atoms with van der Waals surface area (Å²) in [6.07, 6.45) is 0.509. The average Bonchev–Trinajstić information content (AvgIpc) is 2.90. The molecular formula is C17H14ClFN2O2. The Hall–Kier alpha value is -2.40. The summed E-state index contributed by atoms with van der Waals surface area (Å²) in [4.78, 5) is 26.1. The van der Waals surface area contributed by atoms with Gasteiger partial charge < -0.3 is 10.2 Å². The fraction of sp³-hybridized carbons (Fsp3) is 0.176. The van der Waals surface area contributed by atoms with Crippen molar-refractivity contribution in [3.63, 3.8) is 0 Å². The predicted octanol–water partition coefficient (Wildman–Crippen LogP) is 3.01. The number of carbonyl (C=O) groups excluding carboxylic acids is 2. The van der Waals surface area contributed by atoms with Crippen molar-refractivity contribution in [2.45, 2.75) is 12.5 Å². The van der Waals surface area contributed by atoms with Gasteiger partial charge in [-0.15, -0.1) is 0 Å². The van der Waals surface area contributed by atoms with Crippen molar-refractivity contribution in [1.29, 1.82) is 0 Å². The molecular weight excluding hydrogens is 319 g/mol. The molecule has 1 aliphatic rings. The fourth-order valence-corrected chi connectivity index (χ4v) is 2.66. The second kappa shape index (κ2) is 6.38. The van der Waals surface area contributed by atoms with Gasteiger partial charge in [-0.2, -0.15) is 0 Å². The summed E-state index contributed by atoms with van der Waals surface area (Å²) in [6, 6.07) is 11.6. The molecule has 2 aromatic carbocycles. The highest BCUT2D eigenvalue weighted by Gasteiger charge is 2.33. The zero-order valence-corrected chi connectivity index (χ0v) is 12.9. The van der Waals surface area contributed by atoms with Crippen molar-refractivity contribution in [1.82, 2.24) is 5.32 Å². The zero-order chi connectivity index (χ0) is 16.4. The lowest BCUT2D eigenvalue weighted by molar-refractivity contribution is -0.118. The lowest BCUT2D eigenvalue weighted by atomic mass is 10.2. The van der Waals surface area contributed by atoms with Gasteiger partial charge in [-0.05, 0) is 55.0 Å². The summed E-state index contributed by atoms with van der Waals surface area (Å²) in [5.74, 6) is -0.868. The van der Waals surface area contributed by atoms with Crippen LogP contribution in [0.1, 0.15) is 16.8 Å². The summed E-state index contributed by atoms with van der Waals surface area (Å²) in [5, 5.41) is 3.27. The Kier molecular flexibility index (Phi) is 4.30. The molecule has 1 atom stereocenters. The third-order valence-electron chi connectivity index (χ3n) is 3.76. The van der Waals surface area contributed by atoms with Gasteiger partial charge in [0.25, 0.3) is 5.91 Å². The Labute approximate surface area is 137 Å². The van der Waals surface area contributed by atoms with Gasteiger partial charge in [-0.25, -0.2) is 4.39 Å². The van der Waals surface area contributed by atoms with Gasteiger partial charge >= 0.3 is 0 Å². The molecule has 4 nitrogen and oxygen atoms in total. The van der Waals surface area contributed by atoms with Crippen LogP contribution >= 0.6 is 11.6 Å². The van der Waals surface area contributed by atoms with E-state index in [4.69, 9.17) is 11.6 Å². The van der Waals surface area contributed by atoms with Gasteiger partial charge in [-0.1, -0.05) is 11.6 Å². The smallest absolute Gasteiger partial charge is 0.251 e. The molecule has 118 valence electrons. The normalized spacial score (nSPS) is 17.4. The number of rotatable bonds is 3. The number of benzene rings is 2. The first kappa shape index (κ1) is 15.5. The molecule has 6 heteroatoms. The Morgan fingerprint density at radius 1 is 1.13 bits per heavy atom. The molecule has 1 aliphatic heterocycles. The van der Waals surface area contributed by atoms with Crippen LogP contribution in [0.4, 0.5) is 10.1 Å². The second-order valence-corrected chi connectivity index (χ2v) is 5.72. The Morgan fingerprint density at radius 3 is 2.43 bits per heavy atom. The maximum atomic E-state index is 13.0. The number of anilines is 1. The number of amides is 2. The lowest BCUT2D eigenvalue weighted by Gasteiger charge is -2.17. The summed E-state index contributed by atoms with van der Waals surface area (Å²) in [6.45, 7) is 0.482. The highest BCUT2D eigenvalue weighted by Crippen LogP contribution is 2.22. The monoisotopic (exact) mass is 332 g/mol. The molecule has 1 fully saturated rings. The van der Waals surface area contributed by atoms with Crippen LogP contribution in [0.25, 0.3) is 0 Å². The zero-order valence-electron chi connectivity index (χ0n) is 12.1. The van der Waals surface area contributed by atoms with Crippen LogP contribution in [0.3, 0.4) is 0 Å². The molecule has 0 radical (unpaired) electrons. The molecule has 0 aliphatic carbocycles. The third-order valence-corrected chi connectivity index (χ3v) is 4.01. The Morgan fingerprint density at radius 2 is 1.78 bits per heavy atom. The largest absolute Gasteiger partial charge is 0.340 e. The van der Waals surface area contributed by atoms with Crippen LogP contribution in [0.15, 0.2) is 48.5 Å². The molecule has 2 aromatic rings. The number of carbonyl (C=O) groups is 2. The Balaban J connectivity index is 1.68. The minimum atomic E-state index is -0.580. The lowest BCUT2D eigenvalue weighted by Crippen LogP contribution is -2.41. The molecule has 1 N–H and O–H groups in total. The van der Waals surface area contributed by atoms with Crippen LogP contribution in [0.5, 0.6) is 0 Å². The minimum Gasteiger partial charge on any atom is -0.340 e. The van der Waals surface area contributed by atoms with Crippen LogP contribution in [0, 0.1) is 5.82 Å². The van der Waals surface area contributed by atoms with Crippen molar-refractivity contribution < 1.29 is 14.0 Å². The quantitative estimate of drug-likeness (QED) is 0.939. The predicted molar refractivity (Wildman–Crippen MR) is 86.1 cm³/mol. The van der Waals surface area contributed by atoms with Crippen LogP contribution in [-0.4, -0.2) is 24.4 Å². The number of nitrogens with one attached hydrogen (secondary N) is 1. The fourth-order valence-electron chi connectivity index (χ4n) is 2.53. The van der Waals surface area contributed by atoms with Crippen LogP contribution in [0.2, 0.25) is 5.02 Å². The molecule has 0 saturated carbocycles. The maximum Gasteiger partial charge on any atom is 0.251 e. The van der Waals surface area contributed by atoms with E-state index in [0.29, 0.717) is 29.2 Å². The number of hydrogen-bond acceptors (Lipinski definition) is 2. The van der Waals surface area contributed by atoms with E-state index in [1.807, 2.05) is 0 Å². The standard InChI is InChI=1S/C17H14ClFN2O2/c18-12-3-1-11(2-4-12)16(22)20-15-9-10-21(17(15)23)14-7-5-13(19)6-8-14/h1-8,15H,9-10H2,(H,20,22).